The number of benzene rings is 2. The zero-order valence-electron chi connectivity index (χ0n) is 13.1. The Hall–Kier alpha value is -2.39. The van der Waals surface area contributed by atoms with Crippen LogP contribution in [-0.4, -0.2) is 22.5 Å². The highest BCUT2D eigenvalue weighted by Gasteiger charge is 2.18. The van der Waals surface area contributed by atoms with Gasteiger partial charge in [0, 0.05) is 21.8 Å². The van der Waals surface area contributed by atoms with Gasteiger partial charge in [0.25, 0.3) is 5.69 Å². The van der Waals surface area contributed by atoms with Gasteiger partial charge in [0.2, 0.25) is 11.8 Å². The Balaban J connectivity index is 2.10. The minimum Gasteiger partial charge on any atom is -0.366 e. The Bertz CT molecular complexity index is 857. The van der Waals surface area contributed by atoms with Crippen LogP contribution in [0.3, 0.4) is 0 Å². The average Bonchev–Trinajstić information content (AvgIpc) is 2.56. The van der Waals surface area contributed by atoms with E-state index in [1.165, 1.54) is 12.1 Å². The van der Waals surface area contributed by atoms with E-state index < -0.39 is 10.8 Å². The van der Waals surface area contributed by atoms with Crippen LogP contribution in [0, 0.1) is 17.0 Å². The Kier molecular flexibility index (Phi) is 6.16. The van der Waals surface area contributed by atoms with Crippen LogP contribution in [0.2, 0.25) is 0 Å². The van der Waals surface area contributed by atoms with Crippen molar-refractivity contribution in [2.75, 3.05) is 11.1 Å². The standard InChI is InChI=1S/C16H14BrN3O4S/c1-9-2-4-11(17)7-12(9)19-15(21)8-25-14-5-3-10(16(18)22)6-13(14)20(23)24/h2-7H,8H2,1H3,(H2,18,22)(H,19,21). The largest absolute Gasteiger partial charge is 0.366 e. The third-order valence-electron chi connectivity index (χ3n) is 3.27. The molecule has 3 N–H and O–H groups in total. The Morgan fingerprint density at radius 2 is 2.00 bits per heavy atom. The lowest BCUT2D eigenvalue weighted by Crippen LogP contribution is -2.15. The van der Waals surface area contributed by atoms with E-state index in [2.05, 4.69) is 21.2 Å². The molecule has 0 unspecified atom stereocenters. The van der Waals surface area contributed by atoms with E-state index in [0.717, 1.165) is 27.9 Å². The topological polar surface area (TPSA) is 115 Å². The number of anilines is 1. The number of nitrogens with zero attached hydrogens (tertiary/aromatic N) is 1. The molecule has 2 amide bonds. The van der Waals surface area contributed by atoms with Crippen LogP contribution in [-0.2, 0) is 4.79 Å². The number of amides is 2. The van der Waals surface area contributed by atoms with Gasteiger partial charge in [-0.2, -0.15) is 0 Å². The lowest BCUT2D eigenvalue weighted by atomic mass is 10.2. The van der Waals surface area contributed by atoms with E-state index >= 15 is 0 Å². The van der Waals surface area contributed by atoms with Crippen molar-refractivity contribution in [1.82, 2.24) is 0 Å². The summed E-state index contributed by atoms with van der Waals surface area (Å²) in [7, 11) is 0. The molecular formula is C16H14BrN3O4S. The number of carbonyl (C=O) groups is 2. The van der Waals surface area contributed by atoms with E-state index in [4.69, 9.17) is 5.73 Å². The van der Waals surface area contributed by atoms with Gasteiger partial charge in [0.15, 0.2) is 0 Å². The molecule has 0 spiro atoms. The number of nitro benzene ring substituents is 1. The zero-order valence-corrected chi connectivity index (χ0v) is 15.5. The molecule has 0 atom stereocenters. The van der Waals surface area contributed by atoms with E-state index in [9.17, 15) is 19.7 Å². The number of carbonyl (C=O) groups excluding carboxylic acids is 2. The number of primary amides is 1. The van der Waals surface area contributed by atoms with Gasteiger partial charge in [-0.3, -0.25) is 19.7 Å². The molecule has 7 nitrogen and oxygen atoms in total. The first-order valence-corrected chi connectivity index (χ1v) is 8.83. The molecule has 0 saturated heterocycles. The van der Waals surface area contributed by atoms with Crippen LogP contribution in [0.4, 0.5) is 11.4 Å². The van der Waals surface area contributed by atoms with Crippen LogP contribution in [0.5, 0.6) is 0 Å². The SMILES string of the molecule is Cc1ccc(Br)cc1NC(=O)CSc1ccc(C(N)=O)cc1[N+](=O)[O-]. The maximum atomic E-state index is 12.1. The molecule has 9 heteroatoms. The van der Waals surface area contributed by atoms with Crippen molar-refractivity contribution in [1.29, 1.82) is 0 Å². The minimum absolute atomic E-state index is 0.0112. The van der Waals surface area contributed by atoms with Crippen molar-refractivity contribution >= 4 is 50.9 Å². The van der Waals surface area contributed by atoms with Gasteiger partial charge in [-0.25, -0.2) is 0 Å². The molecule has 0 aliphatic rings. The van der Waals surface area contributed by atoms with Crippen molar-refractivity contribution in [3.05, 3.63) is 62.1 Å². The first kappa shape index (κ1) is 18.9. The smallest absolute Gasteiger partial charge is 0.283 e. The normalized spacial score (nSPS) is 10.3. The van der Waals surface area contributed by atoms with Gasteiger partial charge >= 0.3 is 0 Å². The predicted octanol–water partition coefficient (Wildman–Crippen LogP) is 3.50. The van der Waals surface area contributed by atoms with Gasteiger partial charge < -0.3 is 11.1 Å². The average molecular weight is 424 g/mol. The minimum atomic E-state index is -0.748. The Morgan fingerprint density at radius 1 is 1.28 bits per heavy atom. The van der Waals surface area contributed by atoms with Crippen molar-refractivity contribution in [3.63, 3.8) is 0 Å². The highest BCUT2D eigenvalue weighted by molar-refractivity contribution is 9.10. The summed E-state index contributed by atoms with van der Waals surface area (Å²) in [5.74, 6) is -1.05. The van der Waals surface area contributed by atoms with Crippen molar-refractivity contribution in [2.45, 2.75) is 11.8 Å². The molecule has 0 aliphatic carbocycles. The molecule has 0 aromatic heterocycles. The van der Waals surface area contributed by atoms with Crippen molar-refractivity contribution in [2.24, 2.45) is 5.73 Å². The first-order valence-electron chi connectivity index (χ1n) is 7.05. The molecule has 2 rings (SSSR count). The molecule has 2 aromatic carbocycles. The van der Waals surface area contributed by atoms with Gasteiger partial charge in [-0.15, -0.1) is 11.8 Å². The molecule has 0 heterocycles. The fourth-order valence-electron chi connectivity index (χ4n) is 1.99. The maximum absolute atomic E-state index is 12.1. The van der Waals surface area contributed by atoms with Crippen LogP contribution >= 0.6 is 27.7 Å². The second-order valence-corrected chi connectivity index (χ2v) is 7.03. The van der Waals surface area contributed by atoms with E-state index in [-0.39, 0.29) is 27.8 Å². The fraction of sp³-hybridized carbons (Fsp3) is 0.125. The number of nitrogens with one attached hydrogen (secondary N) is 1. The number of thioether (sulfide) groups is 1. The van der Waals surface area contributed by atoms with Gasteiger partial charge in [-0.05, 0) is 36.8 Å². The third kappa shape index (κ3) is 5.04. The molecule has 25 heavy (non-hydrogen) atoms. The van der Waals surface area contributed by atoms with Gasteiger partial charge in [0.05, 0.1) is 15.6 Å². The van der Waals surface area contributed by atoms with Crippen LogP contribution < -0.4 is 11.1 Å². The summed E-state index contributed by atoms with van der Waals surface area (Å²) in [6.45, 7) is 1.86. The van der Waals surface area contributed by atoms with E-state index in [0.29, 0.717) is 5.69 Å². The van der Waals surface area contributed by atoms with E-state index in [1.54, 1.807) is 6.07 Å². The Labute approximate surface area is 156 Å². The zero-order chi connectivity index (χ0) is 18.6. The second kappa shape index (κ2) is 8.13. The molecule has 0 fully saturated rings. The fourth-order valence-corrected chi connectivity index (χ4v) is 3.16. The molecule has 0 aliphatic heterocycles. The number of nitrogens with two attached hydrogens (primary N) is 1. The number of hydrogen-bond donors (Lipinski definition) is 2. The lowest BCUT2D eigenvalue weighted by molar-refractivity contribution is -0.387. The summed E-state index contributed by atoms with van der Waals surface area (Å²) < 4.78 is 0.832. The van der Waals surface area contributed by atoms with Crippen LogP contribution in [0.1, 0.15) is 15.9 Å². The summed E-state index contributed by atoms with van der Waals surface area (Å²) in [5, 5.41) is 13.9. The number of aryl methyl sites for hydroxylation is 1. The van der Waals surface area contributed by atoms with Crippen molar-refractivity contribution in [3.8, 4) is 0 Å². The molecular weight excluding hydrogens is 410 g/mol. The highest BCUT2D eigenvalue weighted by atomic mass is 79.9. The predicted molar refractivity (Wildman–Crippen MR) is 99.8 cm³/mol. The maximum Gasteiger partial charge on any atom is 0.283 e. The number of halogens is 1. The summed E-state index contributed by atoms with van der Waals surface area (Å²) in [6.07, 6.45) is 0. The number of hydrogen-bond acceptors (Lipinski definition) is 5. The quantitative estimate of drug-likeness (QED) is 0.419. The van der Waals surface area contributed by atoms with Gasteiger partial charge in [-0.1, -0.05) is 22.0 Å². The summed E-state index contributed by atoms with van der Waals surface area (Å²) in [5.41, 5.74) is 6.49. The number of rotatable bonds is 6. The molecule has 0 radical (unpaired) electrons. The van der Waals surface area contributed by atoms with Crippen molar-refractivity contribution < 1.29 is 14.5 Å². The van der Waals surface area contributed by atoms with Gasteiger partial charge in [0.1, 0.15) is 0 Å². The summed E-state index contributed by atoms with van der Waals surface area (Å²) in [6, 6.07) is 9.43. The second-order valence-electron chi connectivity index (χ2n) is 5.10. The molecule has 2 aromatic rings. The molecule has 130 valence electrons. The number of nitro groups is 1. The third-order valence-corrected chi connectivity index (χ3v) is 4.83. The first-order chi connectivity index (χ1) is 11.8. The van der Waals surface area contributed by atoms with Crippen LogP contribution in [0.15, 0.2) is 45.8 Å². The van der Waals surface area contributed by atoms with Crippen LogP contribution in [0.25, 0.3) is 0 Å². The summed E-state index contributed by atoms with van der Waals surface area (Å²) >= 11 is 4.35. The Morgan fingerprint density at radius 3 is 2.64 bits per heavy atom. The molecule has 0 saturated carbocycles. The monoisotopic (exact) mass is 423 g/mol. The highest BCUT2D eigenvalue weighted by Crippen LogP contribution is 2.30. The molecule has 0 bridgehead atoms. The summed E-state index contributed by atoms with van der Waals surface area (Å²) in [4.78, 5) is 34.1. The lowest BCUT2D eigenvalue weighted by Gasteiger charge is -2.09. The van der Waals surface area contributed by atoms with E-state index in [1.807, 2.05) is 19.1 Å².